The lowest BCUT2D eigenvalue weighted by Crippen LogP contribution is -2.47. The number of hydrogen-bond donors (Lipinski definition) is 2. The number of ether oxygens (including phenoxy) is 1. The molecule has 0 aliphatic carbocycles. The molecule has 27 heavy (non-hydrogen) atoms. The second-order valence-electron chi connectivity index (χ2n) is 5.55. The van der Waals surface area contributed by atoms with Gasteiger partial charge in [-0.25, -0.2) is 9.67 Å². The molecule has 3 rings (SSSR count). The van der Waals surface area contributed by atoms with E-state index in [-0.39, 0.29) is 0 Å². The van der Waals surface area contributed by atoms with E-state index in [1.54, 1.807) is 60.4 Å². The van der Waals surface area contributed by atoms with Crippen molar-refractivity contribution in [3.63, 3.8) is 0 Å². The first-order valence-corrected chi connectivity index (χ1v) is 8.80. The van der Waals surface area contributed by atoms with E-state index in [0.29, 0.717) is 11.3 Å². The number of hydrazine groups is 1. The molecule has 1 aromatic heterocycles. The van der Waals surface area contributed by atoms with Crippen molar-refractivity contribution in [1.82, 2.24) is 25.6 Å². The lowest BCUT2D eigenvalue weighted by Gasteiger charge is -2.15. The molecular weight excluding hydrogens is 414 g/mol. The van der Waals surface area contributed by atoms with Gasteiger partial charge in [0.15, 0.2) is 6.10 Å². The maximum atomic E-state index is 12.2. The predicted octanol–water partition coefficient (Wildman–Crippen LogP) is 2.26. The van der Waals surface area contributed by atoms with Crippen LogP contribution in [0.3, 0.4) is 0 Å². The van der Waals surface area contributed by atoms with E-state index in [1.807, 2.05) is 6.07 Å². The molecule has 2 aromatic carbocycles. The van der Waals surface area contributed by atoms with E-state index in [0.717, 1.165) is 10.2 Å². The predicted molar refractivity (Wildman–Crippen MR) is 101 cm³/mol. The van der Waals surface area contributed by atoms with Gasteiger partial charge in [-0.05, 0) is 49.4 Å². The van der Waals surface area contributed by atoms with Crippen molar-refractivity contribution in [1.29, 1.82) is 0 Å². The summed E-state index contributed by atoms with van der Waals surface area (Å²) in [4.78, 5) is 28.1. The van der Waals surface area contributed by atoms with Gasteiger partial charge >= 0.3 is 0 Å². The first-order valence-electron chi connectivity index (χ1n) is 8.00. The fraction of sp³-hybridized carbons (Fsp3) is 0.111. The highest BCUT2D eigenvalue weighted by atomic mass is 79.9. The summed E-state index contributed by atoms with van der Waals surface area (Å²) in [5, 5.41) is 4.01. The van der Waals surface area contributed by atoms with Crippen molar-refractivity contribution in [3.8, 4) is 11.4 Å². The fourth-order valence-corrected chi connectivity index (χ4v) is 2.58. The summed E-state index contributed by atoms with van der Waals surface area (Å²) in [6.07, 6.45) is 2.20. The Morgan fingerprint density at radius 2 is 1.93 bits per heavy atom. The Hall–Kier alpha value is -3.20. The Balaban J connectivity index is 1.52. The Morgan fingerprint density at radius 3 is 2.59 bits per heavy atom. The molecule has 0 aliphatic heterocycles. The number of carbonyl (C=O) groups is 2. The SMILES string of the molecule is CC(Oc1cccc(Br)c1)C(=O)NNC(=O)c1ccc(-n2cncn2)cc1. The van der Waals surface area contributed by atoms with Crippen LogP contribution in [0.25, 0.3) is 5.69 Å². The minimum absolute atomic E-state index is 0.389. The highest BCUT2D eigenvalue weighted by molar-refractivity contribution is 9.10. The van der Waals surface area contributed by atoms with Gasteiger partial charge < -0.3 is 4.74 Å². The lowest BCUT2D eigenvalue weighted by molar-refractivity contribution is -0.128. The summed E-state index contributed by atoms with van der Waals surface area (Å²) >= 11 is 3.34. The lowest BCUT2D eigenvalue weighted by atomic mass is 10.2. The first kappa shape index (κ1) is 18.6. The smallest absolute Gasteiger partial charge is 0.279 e. The quantitative estimate of drug-likeness (QED) is 0.606. The second kappa shape index (κ2) is 8.45. The Morgan fingerprint density at radius 1 is 1.15 bits per heavy atom. The van der Waals surface area contributed by atoms with E-state index in [1.165, 1.54) is 6.33 Å². The number of nitrogens with zero attached hydrogens (tertiary/aromatic N) is 3. The van der Waals surface area contributed by atoms with E-state index < -0.39 is 17.9 Å². The van der Waals surface area contributed by atoms with E-state index in [2.05, 4.69) is 36.9 Å². The van der Waals surface area contributed by atoms with Crippen molar-refractivity contribution < 1.29 is 14.3 Å². The summed E-state index contributed by atoms with van der Waals surface area (Å²) < 4.78 is 7.96. The van der Waals surface area contributed by atoms with Crippen molar-refractivity contribution in [2.24, 2.45) is 0 Å². The van der Waals surface area contributed by atoms with E-state index >= 15 is 0 Å². The van der Waals surface area contributed by atoms with Crippen molar-refractivity contribution in [2.45, 2.75) is 13.0 Å². The van der Waals surface area contributed by atoms with E-state index in [4.69, 9.17) is 4.74 Å². The summed E-state index contributed by atoms with van der Waals surface area (Å²) in [7, 11) is 0. The van der Waals surface area contributed by atoms with E-state index in [9.17, 15) is 9.59 Å². The molecule has 1 unspecified atom stereocenters. The van der Waals surface area contributed by atoms with Gasteiger partial charge in [-0.15, -0.1) is 0 Å². The second-order valence-corrected chi connectivity index (χ2v) is 6.46. The minimum atomic E-state index is -0.783. The number of benzene rings is 2. The topological polar surface area (TPSA) is 98.1 Å². The minimum Gasteiger partial charge on any atom is -0.481 e. The average molecular weight is 430 g/mol. The zero-order chi connectivity index (χ0) is 19.2. The van der Waals surface area contributed by atoms with Crippen molar-refractivity contribution in [2.75, 3.05) is 0 Å². The van der Waals surface area contributed by atoms with Gasteiger partial charge in [0.1, 0.15) is 18.4 Å². The molecule has 0 radical (unpaired) electrons. The van der Waals surface area contributed by atoms with Crippen molar-refractivity contribution in [3.05, 3.63) is 71.2 Å². The van der Waals surface area contributed by atoms with Crippen LogP contribution in [0, 0.1) is 0 Å². The Bertz CT molecular complexity index is 928. The number of carbonyl (C=O) groups excluding carboxylic acids is 2. The van der Waals surface area contributed by atoms with Gasteiger partial charge in [0, 0.05) is 10.0 Å². The number of amides is 2. The number of halogens is 1. The monoisotopic (exact) mass is 429 g/mol. The van der Waals surface area contributed by atoms with Crippen LogP contribution < -0.4 is 15.6 Å². The number of aromatic nitrogens is 3. The third-order valence-electron chi connectivity index (χ3n) is 3.59. The van der Waals surface area contributed by atoms with Gasteiger partial charge in [-0.2, -0.15) is 5.10 Å². The number of hydrogen-bond acceptors (Lipinski definition) is 5. The first-order chi connectivity index (χ1) is 13.0. The summed E-state index contributed by atoms with van der Waals surface area (Å²) in [5.41, 5.74) is 5.88. The van der Waals surface area contributed by atoms with Crippen LogP contribution in [0.2, 0.25) is 0 Å². The largest absolute Gasteiger partial charge is 0.481 e. The molecule has 9 heteroatoms. The molecule has 2 N–H and O–H groups in total. The highest BCUT2D eigenvalue weighted by Crippen LogP contribution is 2.18. The van der Waals surface area contributed by atoms with Crippen molar-refractivity contribution >= 4 is 27.7 Å². The van der Waals surface area contributed by atoms with Crippen LogP contribution in [-0.4, -0.2) is 32.7 Å². The summed E-state index contributed by atoms with van der Waals surface area (Å²) in [5.74, 6) is -0.368. The molecule has 0 saturated carbocycles. The van der Waals surface area contributed by atoms with Crippen LogP contribution in [0.4, 0.5) is 0 Å². The summed E-state index contributed by atoms with van der Waals surface area (Å²) in [6, 6.07) is 13.8. The van der Waals surface area contributed by atoms with Gasteiger partial charge in [0.25, 0.3) is 11.8 Å². The van der Waals surface area contributed by atoms with Crippen LogP contribution >= 0.6 is 15.9 Å². The Labute approximate surface area is 163 Å². The van der Waals surface area contributed by atoms with Crippen LogP contribution in [0.15, 0.2) is 65.7 Å². The number of rotatable bonds is 5. The average Bonchev–Trinajstić information content (AvgIpc) is 3.20. The molecule has 0 aliphatic rings. The molecule has 3 aromatic rings. The molecule has 1 atom stereocenters. The molecule has 138 valence electrons. The third kappa shape index (κ3) is 4.91. The summed E-state index contributed by atoms with van der Waals surface area (Å²) in [6.45, 7) is 1.59. The van der Waals surface area contributed by atoms with Crippen LogP contribution in [-0.2, 0) is 4.79 Å². The molecule has 0 spiro atoms. The zero-order valence-corrected chi connectivity index (χ0v) is 15.9. The molecule has 2 amide bonds. The van der Waals surface area contributed by atoms with Gasteiger partial charge in [0.2, 0.25) is 0 Å². The molecule has 0 bridgehead atoms. The van der Waals surface area contributed by atoms with Crippen LogP contribution in [0.1, 0.15) is 17.3 Å². The molecule has 1 heterocycles. The van der Waals surface area contributed by atoms with Gasteiger partial charge in [-0.1, -0.05) is 22.0 Å². The maximum absolute atomic E-state index is 12.2. The Kier molecular flexibility index (Phi) is 5.82. The zero-order valence-electron chi connectivity index (χ0n) is 14.3. The standard InChI is InChI=1S/C18H16BrN5O3/c1-12(27-16-4-2-3-14(19)9-16)17(25)22-23-18(26)13-5-7-15(8-6-13)24-11-20-10-21-24/h2-12H,1H3,(H,22,25)(H,23,26). The van der Waals surface area contributed by atoms with Gasteiger partial charge in [0.05, 0.1) is 5.69 Å². The molecular formula is C18H16BrN5O3. The third-order valence-corrected chi connectivity index (χ3v) is 4.08. The molecule has 8 nitrogen and oxygen atoms in total. The van der Waals surface area contributed by atoms with Gasteiger partial charge in [-0.3, -0.25) is 20.4 Å². The molecule has 0 saturated heterocycles. The molecule has 0 fully saturated rings. The van der Waals surface area contributed by atoms with Crippen LogP contribution in [0.5, 0.6) is 5.75 Å². The normalized spacial score (nSPS) is 11.5. The fourth-order valence-electron chi connectivity index (χ4n) is 2.20. The number of nitrogens with one attached hydrogen (secondary N) is 2. The highest BCUT2D eigenvalue weighted by Gasteiger charge is 2.16. The maximum Gasteiger partial charge on any atom is 0.279 e.